The van der Waals surface area contributed by atoms with Crippen LogP contribution < -0.4 is 5.73 Å². The van der Waals surface area contributed by atoms with Gasteiger partial charge >= 0.3 is 5.97 Å². The minimum Gasteiger partial charge on any atom is -0.460 e. The molecular formula is C13H19NO3. The molecule has 0 bridgehead atoms. The van der Waals surface area contributed by atoms with Crippen LogP contribution in [0.15, 0.2) is 30.3 Å². The van der Waals surface area contributed by atoms with Crippen LogP contribution >= 0.6 is 0 Å². The molecule has 0 heterocycles. The molecular weight excluding hydrogens is 218 g/mol. The van der Waals surface area contributed by atoms with Gasteiger partial charge in [-0.1, -0.05) is 37.3 Å². The van der Waals surface area contributed by atoms with Gasteiger partial charge in [-0.3, -0.25) is 4.79 Å². The lowest BCUT2D eigenvalue weighted by Gasteiger charge is -2.11. The van der Waals surface area contributed by atoms with Crippen LogP contribution in [0.2, 0.25) is 0 Å². The van der Waals surface area contributed by atoms with Crippen LogP contribution in [-0.4, -0.2) is 25.2 Å². The number of rotatable bonds is 7. The molecule has 0 aromatic heterocycles. The second-order valence-electron chi connectivity index (χ2n) is 3.77. The fraction of sp³-hybridized carbons (Fsp3) is 0.462. The summed E-state index contributed by atoms with van der Waals surface area (Å²) in [7, 11) is 0. The fourth-order valence-electron chi connectivity index (χ4n) is 1.26. The normalized spacial score (nSPS) is 12.1. The molecule has 17 heavy (non-hydrogen) atoms. The van der Waals surface area contributed by atoms with Crippen molar-refractivity contribution in [3.05, 3.63) is 35.9 Å². The topological polar surface area (TPSA) is 61.5 Å². The van der Waals surface area contributed by atoms with Gasteiger partial charge in [0.2, 0.25) is 0 Å². The number of carbonyl (C=O) groups excluding carboxylic acids is 1. The molecule has 0 fully saturated rings. The van der Waals surface area contributed by atoms with Crippen LogP contribution in [-0.2, 0) is 20.9 Å². The van der Waals surface area contributed by atoms with Crippen LogP contribution in [0.3, 0.4) is 0 Å². The highest BCUT2D eigenvalue weighted by Crippen LogP contribution is 2.01. The molecule has 94 valence electrons. The minimum atomic E-state index is -0.703. The maximum atomic E-state index is 11.5. The zero-order valence-corrected chi connectivity index (χ0v) is 10.1. The molecule has 0 saturated heterocycles. The zero-order valence-electron chi connectivity index (χ0n) is 10.1. The number of esters is 1. The summed E-state index contributed by atoms with van der Waals surface area (Å²) in [5.41, 5.74) is 6.57. The highest BCUT2D eigenvalue weighted by atomic mass is 16.5. The first-order valence-electron chi connectivity index (χ1n) is 5.78. The Kier molecular flexibility index (Phi) is 6.29. The number of carbonyl (C=O) groups is 1. The van der Waals surface area contributed by atoms with E-state index in [4.69, 9.17) is 15.2 Å². The van der Waals surface area contributed by atoms with Crippen molar-refractivity contribution in [3.63, 3.8) is 0 Å². The van der Waals surface area contributed by atoms with Crippen LogP contribution in [0.5, 0.6) is 0 Å². The van der Waals surface area contributed by atoms with Gasteiger partial charge in [0.25, 0.3) is 0 Å². The first-order valence-corrected chi connectivity index (χ1v) is 5.78. The van der Waals surface area contributed by atoms with E-state index in [1.807, 2.05) is 37.3 Å². The van der Waals surface area contributed by atoms with Crippen LogP contribution in [0.1, 0.15) is 18.9 Å². The summed E-state index contributed by atoms with van der Waals surface area (Å²) in [6, 6.07) is 8.79. The van der Waals surface area contributed by atoms with Gasteiger partial charge in [0.15, 0.2) is 0 Å². The Morgan fingerprint density at radius 1 is 1.35 bits per heavy atom. The zero-order chi connectivity index (χ0) is 12.5. The molecule has 0 spiro atoms. The third kappa shape index (κ3) is 5.47. The Bertz CT molecular complexity index is 327. The molecule has 0 unspecified atom stereocenters. The van der Waals surface area contributed by atoms with Crippen LogP contribution in [0, 0.1) is 0 Å². The highest BCUT2D eigenvalue weighted by Gasteiger charge is 2.14. The molecule has 0 radical (unpaired) electrons. The third-order valence-corrected chi connectivity index (χ3v) is 2.17. The van der Waals surface area contributed by atoms with E-state index < -0.39 is 12.0 Å². The van der Waals surface area contributed by atoms with E-state index in [0.29, 0.717) is 6.61 Å². The third-order valence-electron chi connectivity index (χ3n) is 2.17. The molecule has 1 aromatic carbocycles. The highest BCUT2D eigenvalue weighted by molar-refractivity contribution is 5.75. The molecule has 2 N–H and O–H groups in total. The van der Waals surface area contributed by atoms with E-state index in [0.717, 1.165) is 12.0 Å². The van der Waals surface area contributed by atoms with Gasteiger partial charge in [0, 0.05) is 6.61 Å². The van der Waals surface area contributed by atoms with Crippen molar-refractivity contribution in [2.75, 3.05) is 13.2 Å². The Labute approximate surface area is 102 Å². The van der Waals surface area contributed by atoms with E-state index in [9.17, 15) is 4.79 Å². The number of hydrogen-bond acceptors (Lipinski definition) is 4. The summed E-state index contributed by atoms with van der Waals surface area (Å²) in [4.78, 5) is 11.5. The van der Waals surface area contributed by atoms with Gasteiger partial charge in [0.1, 0.15) is 12.6 Å². The van der Waals surface area contributed by atoms with E-state index in [1.54, 1.807) is 0 Å². The van der Waals surface area contributed by atoms with Gasteiger partial charge < -0.3 is 15.2 Å². The molecule has 4 nitrogen and oxygen atoms in total. The second kappa shape index (κ2) is 7.81. The number of hydrogen-bond donors (Lipinski definition) is 1. The first-order chi connectivity index (χ1) is 8.24. The Morgan fingerprint density at radius 3 is 2.71 bits per heavy atom. The van der Waals surface area contributed by atoms with Gasteiger partial charge in [-0.05, 0) is 12.0 Å². The second-order valence-corrected chi connectivity index (χ2v) is 3.77. The summed E-state index contributed by atoms with van der Waals surface area (Å²) >= 11 is 0. The molecule has 0 aliphatic heterocycles. The maximum Gasteiger partial charge on any atom is 0.325 e. The van der Waals surface area contributed by atoms with Crippen molar-refractivity contribution in [1.82, 2.24) is 0 Å². The molecule has 0 aliphatic carbocycles. The summed E-state index contributed by atoms with van der Waals surface area (Å²) in [6.45, 7) is 3.07. The lowest BCUT2D eigenvalue weighted by molar-refractivity contribution is -0.148. The van der Waals surface area contributed by atoms with Gasteiger partial charge in [0.05, 0.1) is 6.61 Å². The predicted molar refractivity (Wildman–Crippen MR) is 65.3 cm³/mol. The number of ether oxygens (including phenoxy) is 2. The van der Waals surface area contributed by atoms with E-state index >= 15 is 0 Å². The van der Waals surface area contributed by atoms with Crippen molar-refractivity contribution >= 4 is 5.97 Å². The Morgan fingerprint density at radius 2 is 2.06 bits per heavy atom. The van der Waals surface area contributed by atoms with Gasteiger partial charge in [-0.2, -0.15) is 0 Å². The van der Waals surface area contributed by atoms with E-state index in [-0.39, 0.29) is 13.2 Å². The number of nitrogens with two attached hydrogens (primary N) is 1. The monoisotopic (exact) mass is 237 g/mol. The van der Waals surface area contributed by atoms with Crippen molar-refractivity contribution in [3.8, 4) is 0 Å². The SMILES string of the molecule is CCCOC[C@@H](N)C(=O)OCc1ccccc1. The smallest absolute Gasteiger partial charge is 0.325 e. The summed E-state index contributed by atoms with van der Waals surface area (Å²) in [6.07, 6.45) is 0.909. The molecule has 1 aromatic rings. The lowest BCUT2D eigenvalue weighted by Crippen LogP contribution is -2.36. The standard InChI is InChI=1S/C13H19NO3/c1-2-8-16-10-12(14)13(15)17-9-11-6-4-3-5-7-11/h3-7,12H,2,8-10,14H2,1H3/t12-/m1/s1. The largest absolute Gasteiger partial charge is 0.460 e. The minimum absolute atomic E-state index is 0.210. The first kappa shape index (κ1) is 13.7. The van der Waals surface area contributed by atoms with Gasteiger partial charge in [-0.25, -0.2) is 0 Å². The average molecular weight is 237 g/mol. The summed E-state index contributed by atoms with van der Waals surface area (Å²) in [5, 5.41) is 0. The molecule has 1 rings (SSSR count). The molecule has 0 amide bonds. The Balaban J connectivity index is 2.24. The predicted octanol–water partition coefficient (Wildman–Crippen LogP) is 1.48. The summed E-state index contributed by atoms with van der Waals surface area (Å²) < 4.78 is 10.3. The quantitative estimate of drug-likeness (QED) is 0.576. The Hall–Kier alpha value is -1.39. The van der Waals surface area contributed by atoms with Crippen molar-refractivity contribution in [2.24, 2.45) is 5.73 Å². The molecule has 0 saturated carbocycles. The van der Waals surface area contributed by atoms with E-state index in [1.165, 1.54) is 0 Å². The van der Waals surface area contributed by atoms with Crippen molar-refractivity contribution in [2.45, 2.75) is 26.0 Å². The van der Waals surface area contributed by atoms with Gasteiger partial charge in [-0.15, -0.1) is 0 Å². The summed E-state index contributed by atoms with van der Waals surface area (Å²) in [5.74, 6) is -0.426. The average Bonchev–Trinajstić information content (AvgIpc) is 2.37. The molecule has 0 aliphatic rings. The molecule has 1 atom stereocenters. The number of benzene rings is 1. The molecule has 4 heteroatoms. The maximum absolute atomic E-state index is 11.5. The van der Waals surface area contributed by atoms with Crippen LogP contribution in [0.25, 0.3) is 0 Å². The van der Waals surface area contributed by atoms with E-state index in [2.05, 4.69) is 0 Å². The van der Waals surface area contributed by atoms with Crippen molar-refractivity contribution in [1.29, 1.82) is 0 Å². The lowest BCUT2D eigenvalue weighted by atomic mass is 10.2. The van der Waals surface area contributed by atoms with Crippen LogP contribution in [0.4, 0.5) is 0 Å². The van der Waals surface area contributed by atoms with Crippen molar-refractivity contribution < 1.29 is 14.3 Å². The fourth-order valence-corrected chi connectivity index (χ4v) is 1.26.